The van der Waals surface area contributed by atoms with Gasteiger partial charge in [0.25, 0.3) is 5.91 Å². The van der Waals surface area contributed by atoms with Gasteiger partial charge < -0.3 is 14.1 Å². The third-order valence-electron chi connectivity index (χ3n) is 4.27. The molecule has 0 aliphatic carbocycles. The Morgan fingerprint density at radius 1 is 1.25 bits per heavy atom. The van der Waals surface area contributed by atoms with E-state index in [1.807, 2.05) is 19.1 Å². The molecule has 0 radical (unpaired) electrons. The van der Waals surface area contributed by atoms with Gasteiger partial charge in [0.15, 0.2) is 6.61 Å². The number of furan rings is 1. The molecule has 1 aliphatic rings. The van der Waals surface area contributed by atoms with Gasteiger partial charge in [-0.05, 0) is 43.7 Å². The highest BCUT2D eigenvalue weighted by Gasteiger charge is 2.24. The van der Waals surface area contributed by atoms with Gasteiger partial charge in [-0.2, -0.15) is 0 Å². The molecular weight excluding hydrogens is 304 g/mol. The molecule has 0 spiro atoms. The first-order valence-corrected chi connectivity index (χ1v) is 7.94. The molecule has 0 unspecified atom stereocenters. The third-order valence-corrected chi connectivity index (χ3v) is 4.27. The monoisotopic (exact) mass is 322 g/mol. The minimum absolute atomic E-state index is 0.00285. The maximum Gasteiger partial charge on any atom is 0.261 e. The average molecular weight is 322 g/mol. The molecule has 1 aliphatic heterocycles. The van der Waals surface area contributed by atoms with Crippen molar-refractivity contribution in [3.8, 4) is 5.88 Å². The normalized spacial score (nSPS) is 14.4. The number of pyridine rings is 1. The zero-order valence-corrected chi connectivity index (χ0v) is 13.7. The Labute approximate surface area is 139 Å². The average Bonchev–Trinajstić information content (AvgIpc) is 2.99. The van der Waals surface area contributed by atoms with E-state index in [0.29, 0.717) is 19.0 Å². The van der Waals surface area contributed by atoms with Crippen LogP contribution in [0.5, 0.6) is 5.88 Å². The minimum atomic E-state index is -0.0682. The SMILES string of the molecule is Cc1cc(C)c2nc3c(cc2c1)CN(Cc1ccco1)C(=O)CO3. The summed E-state index contributed by atoms with van der Waals surface area (Å²) in [5.41, 5.74) is 4.15. The Morgan fingerprint density at radius 2 is 2.12 bits per heavy atom. The Balaban J connectivity index is 1.74. The van der Waals surface area contributed by atoms with Crippen molar-refractivity contribution in [2.75, 3.05) is 6.61 Å². The van der Waals surface area contributed by atoms with E-state index in [9.17, 15) is 4.79 Å². The molecule has 0 fully saturated rings. The largest absolute Gasteiger partial charge is 0.467 e. The van der Waals surface area contributed by atoms with Crippen molar-refractivity contribution in [2.24, 2.45) is 0 Å². The van der Waals surface area contributed by atoms with E-state index in [1.165, 1.54) is 5.56 Å². The standard InChI is InChI=1S/C19H18N2O3/c1-12-6-13(2)18-14(7-12)8-15-9-21(10-16-4-3-5-23-16)17(22)11-24-19(15)20-18/h3-8H,9-11H2,1-2H3. The number of ether oxygens (including phenoxy) is 1. The summed E-state index contributed by atoms with van der Waals surface area (Å²) in [5.74, 6) is 1.23. The van der Waals surface area contributed by atoms with Crippen molar-refractivity contribution < 1.29 is 13.9 Å². The molecule has 1 amide bonds. The summed E-state index contributed by atoms with van der Waals surface area (Å²) in [6.07, 6.45) is 1.61. The first-order valence-electron chi connectivity index (χ1n) is 7.94. The molecule has 3 aromatic rings. The predicted molar refractivity (Wildman–Crippen MR) is 89.7 cm³/mol. The van der Waals surface area contributed by atoms with Crippen molar-refractivity contribution in [3.63, 3.8) is 0 Å². The molecule has 0 saturated carbocycles. The van der Waals surface area contributed by atoms with Crippen LogP contribution in [0, 0.1) is 13.8 Å². The fourth-order valence-electron chi connectivity index (χ4n) is 3.17. The fourth-order valence-corrected chi connectivity index (χ4v) is 3.17. The van der Waals surface area contributed by atoms with Gasteiger partial charge in [-0.15, -0.1) is 0 Å². The molecule has 24 heavy (non-hydrogen) atoms. The number of aryl methyl sites for hydroxylation is 2. The van der Waals surface area contributed by atoms with Crippen LogP contribution in [0.25, 0.3) is 10.9 Å². The Bertz CT molecular complexity index is 916. The van der Waals surface area contributed by atoms with Gasteiger partial charge >= 0.3 is 0 Å². The fraction of sp³-hybridized carbons (Fsp3) is 0.263. The summed E-state index contributed by atoms with van der Waals surface area (Å²) in [6, 6.07) is 9.98. The minimum Gasteiger partial charge on any atom is -0.467 e. The van der Waals surface area contributed by atoms with Gasteiger partial charge in [0.05, 0.1) is 24.9 Å². The van der Waals surface area contributed by atoms with E-state index in [0.717, 1.165) is 27.8 Å². The molecule has 0 saturated heterocycles. The molecule has 5 nitrogen and oxygen atoms in total. The van der Waals surface area contributed by atoms with Crippen molar-refractivity contribution in [3.05, 3.63) is 59.0 Å². The summed E-state index contributed by atoms with van der Waals surface area (Å²) in [5, 5.41) is 1.07. The predicted octanol–water partition coefficient (Wildman–Crippen LogP) is 3.37. The molecule has 0 N–H and O–H groups in total. The highest BCUT2D eigenvalue weighted by Crippen LogP contribution is 2.28. The van der Waals surface area contributed by atoms with Gasteiger partial charge in [-0.25, -0.2) is 4.98 Å². The van der Waals surface area contributed by atoms with Gasteiger partial charge in [0, 0.05) is 10.9 Å². The lowest BCUT2D eigenvalue weighted by Gasteiger charge is -2.18. The molecule has 0 bridgehead atoms. The second kappa shape index (κ2) is 5.67. The first-order chi connectivity index (χ1) is 11.6. The summed E-state index contributed by atoms with van der Waals surface area (Å²) in [6.45, 7) is 5.00. The zero-order chi connectivity index (χ0) is 16.7. The quantitative estimate of drug-likeness (QED) is 0.726. The highest BCUT2D eigenvalue weighted by atomic mass is 16.5. The van der Waals surface area contributed by atoms with Crippen LogP contribution in [0.3, 0.4) is 0 Å². The number of benzene rings is 1. The molecule has 1 aromatic carbocycles. The number of nitrogens with zero attached hydrogens (tertiary/aromatic N) is 2. The summed E-state index contributed by atoms with van der Waals surface area (Å²) in [4.78, 5) is 18.7. The Kier molecular flexibility index (Phi) is 3.49. The highest BCUT2D eigenvalue weighted by molar-refractivity contribution is 5.85. The van der Waals surface area contributed by atoms with Gasteiger partial charge in [-0.1, -0.05) is 11.6 Å². The molecular formula is C19H18N2O3. The van der Waals surface area contributed by atoms with Crippen LogP contribution in [-0.4, -0.2) is 22.4 Å². The number of carbonyl (C=O) groups is 1. The van der Waals surface area contributed by atoms with Crippen LogP contribution in [0.15, 0.2) is 41.0 Å². The number of hydrogen-bond donors (Lipinski definition) is 0. The number of carbonyl (C=O) groups excluding carboxylic acids is 1. The number of fused-ring (bicyclic) bond motifs is 2. The Morgan fingerprint density at radius 3 is 2.92 bits per heavy atom. The van der Waals surface area contributed by atoms with Crippen molar-refractivity contribution >= 4 is 16.8 Å². The van der Waals surface area contributed by atoms with Crippen molar-refractivity contribution in [1.29, 1.82) is 0 Å². The van der Waals surface area contributed by atoms with Crippen LogP contribution >= 0.6 is 0 Å². The van der Waals surface area contributed by atoms with Crippen molar-refractivity contribution in [2.45, 2.75) is 26.9 Å². The maximum absolute atomic E-state index is 12.4. The molecule has 122 valence electrons. The van der Waals surface area contributed by atoms with E-state index >= 15 is 0 Å². The molecule has 3 heterocycles. The topological polar surface area (TPSA) is 55.6 Å². The third kappa shape index (κ3) is 2.62. The smallest absolute Gasteiger partial charge is 0.261 e. The summed E-state index contributed by atoms with van der Waals surface area (Å²) < 4.78 is 11.0. The van der Waals surface area contributed by atoms with E-state index in [4.69, 9.17) is 9.15 Å². The number of aromatic nitrogens is 1. The van der Waals surface area contributed by atoms with Crippen LogP contribution < -0.4 is 4.74 Å². The van der Waals surface area contributed by atoms with E-state index in [2.05, 4.69) is 30.1 Å². The van der Waals surface area contributed by atoms with E-state index in [-0.39, 0.29) is 12.5 Å². The number of amides is 1. The molecule has 2 aromatic heterocycles. The van der Waals surface area contributed by atoms with Crippen LogP contribution in [0.1, 0.15) is 22.5 Å². The second-order valence-corrected chi connectivity index (χ2v) is 6.22. The van der Waals surface area contributed by atoms with Crippen LogP contribution in [0.2, 0.25) is 0 Å². The van der Waals surface area contributed by atoms with Gasteiger partial charge in [0.1, 0.15) is 5.76 Å². The lowest BCUT2D eigenvalue weighted by Crippen LogP contribution is -2.31. The molecule has 5 heteroatoms. The zero-order valence-electron chi connectivity index (χ0n) is 13.7. The van der Waals surface area contributed by atoms with E-state index < -0.39 is 0 Å². The number of rotatable bonds is 2. The number of hydrogen-bond acceptors (Lipinski definition) is 4. The first kappa shape index (κ1) is 14.8. The van der Waals surface area contributed by atoms with Gasteiger partial charge in [-0.3, -0.25) is 4.79 Å². The lowest BCUT2D eigenvalue weighted by atomic mass is 10.0. The summed E-state index contributed by atoms with van der Waals surface area (Å²) in [7, 11) is 0. The second-order valence-electron chi connectivity index (χ2n) is 6.22. The van der Waals surface area contributed by atoms with Crippen LogP contribution in [-0.2, 0) is 17.9 Å². The van der Waals surface area contributed by atoms with Crippen molar-refractivity contribution in [1.82, 2.24) is 9.88 Å². The Hall–Kier alpha value is -2.82. The maximum atomic E-state index is 12.4. The molecule has 0 atom stereocenters. The van der Waals surface area contributed by atoms with E-state index in [1.54, 1.807) is 11.2 Å². The molecule has 4 rings (SSSR count). The van der Waals surface area contributed by atoms with Gasteiger partial charge in [0.2, 0.25) is 5.88 Å². The lowest BCUT2D eigenvalue weighted by molar-refractivity contribution is -0.134. The van der Waals surface area contributed by atoms with Crippen LogP contribution in [0.4, 0.5) is 0 Å². The summed E-state index contributed by atoms with van der Waals surface area (Å²) >= 11 is 0.